The smallest absolute Gasteiger partial charge is 0.317 e. The van der Waals surface area contributed by atoms with Gasteiger partial charge in [-0.3, -0.25) is 15.0 Å². The van der Waals surface area contributed by atoms with E-state index in [0.29, 0.717) is 18.9 Å². The SMILES string of the molecule is Cl.O=C1CCN(c2cccc(C3CCNCC3)c2)C(=O)N1. The maximum atomic E-state index is 11.9. The summed E-state index contributed by atoms with van der Waals surface area (Å²) < 4.78 is 0. The topological polar surface area (TPSA) is 61.4 Å². The molecule has 0 unspecified atom stereocenters. The highest BCUT2D eigenvalue weighted by Crippen LogP contribution is 2.28. The van der Waals surface area contributed by atoms with Gasteiger partial charge in [-0.15, -0.1) is 12.4 Å². The molecule has 0 bridgehead atoms. The molecule has 5 nitrogen and oxygen atoms in total. The van der Waals surface area contributed by atoms with Crippen molar-refractivity contribution in [3.05, 3.63) is 29.8 Å². The Morgan fingerprint density at radius 1 is 1.14 bits per heavy atom. The van der Waals surface area contributed by atoms with Crippen LogP contribution in [-0.4, -0.2) is 31.6 Å². The zero-order valence-corrected chi connectivity index (χ0v) is 12.6. The van der Waals surface area contributed by atoms with Crippen LogP contribution in [0.5, 0.6) is 0 Å². The number of nitrogens with zero attached hydrogens (tertiary/aromatic N) is 1. The summed E-state index contributed by atoms with van der Waals surface area (Å²) >= 11 is 0. The minimum Gasteiger partial charge on any atom is -0.317 e. The van der Waals surface area contributed by atoms with Crippen LogP contribution in [0.2, 0.25) is 0 Å². The summed E-state index contributed by atoms with van der Waals surface area (Å²) in [6.07, 6.45) is 2.63. The van der Waals surface area contributed by atoms with Crippen LogP contribution in [0.3, 0.4) is 0 Å². The quantitative estimate of drug-likeness (QED) is 0.878. The average Bonchev–Trinajstić information content (AvgIpc) is 2.48. The molecule has 3 rings (SSSR count). The lowest BCUT2D eigenvalue weighted by molar-refractivity contribution is -0.120. The van der Waals surface area contributed by atoms with Crippen molar-refractivity contribution in [2.45, 2.75) is 25.2 Å². The second-order valence-electron chi connectivity index (χ2n) is 5.37. The molecule has 6 heteroatoms. The van der Waals surface area contributed by atoms with Gasteiger partial charge < -0.3 is 5.32 Å². The molecule has 0 aliphatic carbocycles. The Morgan fingerprint density at radius 2 is 1.90 bits per heavy atom. The molecule has 3 amide bonds. The van der Waals surface area contributed by atoms with Crippen LogP contribution < -0.4 is 15.5 Å². The maximum absolute atomic E-state index is 11.9. The third kappa shape index (κ3) is 3.54. The third-order valence-electron chi connectivity index (χ3n) is 4.05. The van der Waals surface area contributed by atoms with E-state index in [1.54, 1.807) is 4.90 Å². The minimum atomic E-state index is -0.316. The Hall–Kier alpha value is -1.59. The van der Waals surface area contributed by atoms with Crippen molar-refractivity contribution >= 4 is 30.0 Å². The van der Waals surface area contributed by atoms with E-state index in [0.717, 1.165) is 31.6 Å². The first kappa shape index (κ1) is 15.8. The zero-order valence-electron chi connectivity index (χ0n) is 11.8. The van der Waals surface area contributed by atoms with E-state index in [2.05, 4.69) is 22.8 Å². The van der Waals surface area contributed by atoms with Crippen molar-refractivity contribution in [1.82, 2.24) is 10.6 Å². The summed E-state index contributed by atoms with van der Waals surface area (Å²) in [4.78, 5) is 24.7. The van der Waals surface area contributed by atoms with Gasteiger partial charge in [0.2, 0.25) is 5.91 Å². The van der Waals surface area contributed by atoms with Gasteiger partial charge in [0.25, 0.3) is 0 Å². The first-order valence-electron chi connectivity index (χ1n) is 7.16. The molecule has 1 aromatic rings. The van der Waals surface area contributed by atoms with Crippen LogP contribution in [0.25, 0.3) is 0 Å². The molecule has 0 aromatic heterocycles. The van der Waals surface area contributed by atoms with Crippen LogP contribution >= 0.6 is 12.4 Å². The molecule has 2 saturated heterocycles. The first-order chi connectivity index (χ1) is 9.74. The number of piperidine rings is 1. The number of anilines is 1. The van der Waals surface area contributed by atoms with E-state index in [-0.39, 0.29) is 24.3 Å². The number of amides is 3. The molecule has 0 radical (unpaired) electrons. The maximum Gasteiger partial charge on any atom is 0.328 e. The number of rotatable bonds is 2. The Bertz CT molecular complexity index is 529. The number of benzene rings is 1. The Morgan fingerprint density at radius 3 is 2.62 bits per heavy atom. The summed E-state index contributed by atoms with van der Waals surface area (Å²) in [7, 11) is 0. The predicted octanol–water partition coefficient (Wildman–Crippen LogP) is 2.02. The van der Waals surface area contributed by atoms with Gasteiger partial charge in [-0.1, -0.05) is 12.1 Å². The van der Waals surface area contributed by atoms with Crippen molar-refractivity contribution in [2.75, 3.05) is 24.5 Å². The normalized spacial score (nSPS) is 19.9. The fourth-order valence-electron chi connectivity index (χ4n) is 2.91. The number of carbonyl (C=O) groups excluding carboxylic acids is 2. The number of halogens is 1. The predicted molar refractivity (Wildman–Crippen MR) is 84.0 cm³/mol. The molecule has 2 aliphatic rings. The molecular weight excluding hydrogens is 290 g/mol. The molecule has 2 fully saturated rings. The van der Waals surface area contributed by atoms with Crippen LogP contribution in [0, 0.1) is 0 Å². The van der Waals surface area contributed by atoms with Crippen LogP contribution in [-0.2, 0) is 4.79 Å². The molecular formula is C15H20ClN3O2. The summed E-state index contributed by atoms with van der Waals surface area (Å²) in [5.74, 6) is 0.367. The van der Waals surface area contributed by atoms with Gasteiger partial charge in [0.15, 0.2) is 0 Å². The fraction of sp³-hybridized carbons (Fsp3) is 0.467. The minimum absolute atomic E-state index is 0. The van der Waals surface area contributed by atoms with Gasteiger partial charge in [-0.25, -0.2) is 4.79 Å². The number of nitrogens with one attached hydrogen (secondary N) is 2. The van der Waals surface area contributed by atoms with E-state index in [9.17, 15) is 9.59 Å². The second-order valence-corrected chi connectivity index (χ2v) is 5.37. The van der Waals surface area contributed by atoms with Crippen molar-refractivity contribution in [2.24, 2.45) is 0 Å². The molecule has 2 aliphatic heterocycles. The van der Waals surface area contributed by atoms with Gasteiger partial charge in [-0.05, 0) is 49.5 Å². The van der Waals surface area contributed by atoms with Crippen LogP contribution in [0.15, 0.2) is 24.3 Å². The number of hydrogen-bond acceptors (Lipinski definition) is 3. The van der Waals surface area contributed by atoms with Gasteiger partial charge in [0.05, 0.1) is 0 Å². The van der Waals surface area contributed by atoms with Crippen LogP contribution in [0.4, 0.5) is 10.5 Å². The Labute approximate surface area is 130 Å². The van der Waals surface area contributed by atoms with Gasteiger partial charge in [0, 0.05) is 18.7 Å². The van der Waals surface area contributed by atoms with E-state index in [1.165, 1.54) is 5.56 Å². The van der Waals surface area contributed by atoms with Gasteiger partial charge in [0.1, 0.15) is 0 Å². The lowest BCUT2D eigenvalue weighted by Crippen LogP contribution is -2.49. The molecule has 2 N–H and O–H groups in total. The van der Waals surface area contributed by atoms with Gasteiger partial charge in [-0.2, -0.15) is 0 Å². The molecule has 114 valence electrons. The third-order valence-corrected chi connectivity index (χ3v) is 4.05. The average molecular weight is 310 g/mol. The van der Waals surface area contributed by atoms with E-state index in [4.69, 9.17) is 0 Å². The summed E-state index contributed by atoms with van der Waals surface area (Å²) in [5, 5.41) is 5.73. The highest BCUT2D eigenvalue weighted by atomic mass is 35.5. The Kier molecular flexibility index (Phi) is 5.20. The molecule has 21 heavy (non-hydrogen) atoms. The lowest BCUT2D eigenvalue weighted by Gasteiger charge is -2.28. The van der Waals surface area contributed by atoms with Gasteiger partial charge >= 0.3 is 6.03 Å². The van der Waals surface area contributed by atoms with E-state index >= 15 is 0 Å². The van der Waals surface area contributed by atoms with E-state index in [1.807, 2.05) is 12.1 Å². The van der Waals surface area contributed by atoms with E-state index < -0.39 is 0 Å². The largest absolute Gasteiger partial charge is 0.328 e. The molecule has 0 atom stereocenters. The second kappa shape index (κ2) is 6.91. The summed E-state index contributed by atoms with van der Waals surface area (Å²) in [6, 6.07) is 7.83. The highest BCUT2D eigenvalue weighted by Gasteiger charge is 2.25. The molecule has 0 spiro atoms. The van der Waals surface area contributed by atoms with Crippen molar-refractivity contribution in [1.29, 1.82) is 0 Å². The molecule has 2 heterocycles. The lowest BCUT2D eigenvalue weighted by atomic mass is 9.90. The van der Waals surface area contributed by atoms with Crippen molar-refractivity contribution < 1.29 is 9.59 Å². The number of imide groups is 1. The molecule has 1 aromatic carbocycles. The monoisotopic (exact) mass is 309 g/mol. The van der Waals surface area contributed by atoms with Crippen LogP contribution in [0.1, 0.15) is 30.7 Å². The number of carbonyl (C=O) groups is 2. The standard InChI is InChI=1S/C15H19N3O2.ClH/c19-14-6-9-18(15(20)17-14)13-3-1-2-12(10-13)11-4-7-16-8-5-11;/h1-3,10-11,16H,4-9H2,(H,17,19,20);1H. The number of urea groups is 1. The highest BCUT2D eigenvalue weighted by molar-refractivity contribution is 6.05. The van der Waals surface area contributed by atoms with Crippen molar-refractivity contribution in [3.8, 4) is 0 Å². The molecule has 0 saturated carbocycles. The number of hydrogen-bond donors (Lipinski definition) is 2. The fourth-order valence-corrected chi connectivity index (χ4v) is 2.91. The first-order valence-corrected chi connectivity index (χ1v) is 7.16. The zero-order chi connectivity index (χ0) is 13.9. The Balaban J connectivity index is 0.00000161. The summed E-state index contributed by atoms with van der Waals surface area (Å²) in [6.45, 7) is 2.56. The summed E-state index contributed by atoms with van der Waals surface area (Å²) in [5.41, 5.74) is 2.17. The van der Waals surface area contributed by atoms with Crippen molar-refractivity contribution in [3.63, 3.8) is 0 Å².